The van der Waals surface area contributed by atoms with E-state index in [1.165, 1.54) is 11.1 Å². The van der Waals surface area contributed by atoms with Gasteiger partial charge >= 0.3 is 0 Å². The molecule has 3 rings (SSSR count). The molecule has 3 heteroatoms. The minimum Gasteiger partial charge on any atom is -0.255 e. The van der Waals surface area contributed by atoms with Crippen LogP contribution in [0.2, 0.25) is 5.02 Å². The van der Waals surface area contributed by atoms with Crippen molar-refractivity contribution in [2.75, 3.05) is 0 Å². The lowest BCUT2D eigenvalue weighted by Gasteiger charge is -2.06. The Bertz CT molecular complexity index is 578. The molecule has 0 saturated carbocycles. The van der Waals surface area contributed by atoms with Gasteiger partial charge < -0.3 is 0 Å². The summed E-state index contributed by atoms with van der Waals surface area (Å²) in [5.41, 5.74) is 5.35. The molecule has 0 unspecified atom stereocenters. The van der Waals surface area contributed by atoms with Crippen LogP contribution in [-0.2, 0) is 12.8 Å². The summed E-state index contributed by atoms with van der Waals surface area (Å²) in [7, 11) is 0. The van der Waals surface area contributed by atoms with Crippen LogP contribution in [0.15, 0.2) is 24.4 Å². The summed E-state index contributed by atoms with van der Waals surface area (Å²) in [5.74, 6) is 0. The monoisotopic (exact) mass is 244 g/mol. The van der Waals surface area contributed by atoms with Crippen LogP contribution in [0.5, 0.6) is 0 Å². The highest BCUT2D eigenvalue weighted by Crippen LogP contribution is 2.30. The number of aromatic nitrogens is 2. The predicted octanol–water partition coefficient (Wildman–Crippen LogP) is 3.59. The molecular weight excluding hydrogens is 232 g/mol. The minimum atomic E-state index is 0.839. The van der Waals surface area contributed by atoms with Gasteiger partial charge in [0.25, 0.3) is 0 Å². The number of hydrogen-bond acceptors (Lipinski definition) is 2. The molecule has 0 atom stereocenters. The van der Waals surface area contributed by atoms with Crippen LogP contribution in [0, 0.1) is 6.92 Å². The quantitative estimate of drug-likeness (QED) is 0.766. The normalized spacial score (nSPS) is 13.8. The fourth-order valence-electron chi connectivity index (χ4n) is 2.30. The number of nitrogens with zero attached hydrogens (tertiary/aromatic N) is 2. The van der Waals surface area contributed by atoms with Gasteiger partial charge in [-0.05, 0) is 55.5 Å². The highest BCUT2D eigenvalue weighted by Gasteiger charge is 2.17. The molecule has 0 aromatic carbocycles. The maximum Gasteiger partial charge on any atom is 0.0904 e. The van der Waals surface area contributed by atoms with Crippen molar-refractivity contribution in [3.05, 3.63) is 46.2 Å². The van der Waals surface area contributed by atoms with Gasteiger partial charge in [0, 0.05) is 16.9 Å². The highest BCUT2D eigenvalue weighted by atomic mass is 35.5. The zero-order valence-corrected chi connectivity index (χ0v) is 10.5. The van der Waals surface area contributed by atoms with Crippen molar-refractivity contribution in [1.29, 1.82) is 0 Å². The van der Waals surface area contributed by atoms with Gasteiger partial charge in [0.05, 0.1) is 11.4 Å². The summed E-state index contributed by atoms with van der Waals surface area (Å²) in [5, 5.41) is 0.839. The standard InChI is InChI=1S/C14H13ClN2/c1-9-5-6-16-13(7-9)14-8-11(15)10-3-2-4-12(10)17-14/h5-8H,2-4H2,1H3. The van der Waals surface area contributed by atoms with E-state index in [1.54, 1.807) is 0 Å². The van der Waals surface area contributed by atoms with Crippen LogP contribution in [0.1, 0.15) is 23.2 Å². The molecule has 2 aromatic rings. The lowest BCUT2D eigenvalue weighted by Crippen LogP contribution is -1.94. The third-order valence-electron chi connectivity index (χ3n) is 3.17. The van der Waals surface area contributed by atoms with Crippen molar-refractivity contribution in [3.63, 3.8) is 0 Å². The van der Waals surface area contributed by atoms with Crippen molar-refractivity contribution >= 4 is 11.6 Å². The second-order valence-electron chi connectivity index (χ2n) is 4.49. The van der Waals surface area contributed by atoms with E-state index >= 15 is 0 Å². The van der Waals surface area contributed by atoms with Gasteiger partial charge in [0.15, 0.2) is 0 Å². The van der Waals surface area contributed by atoms with E-state index in [0.29, 0.717) is 0 Å². The van der Waals surface area contributed by atoms with Gasteiger partial charge in [-0.15, -0.1) is 0 Å². The van der Waals surface area contributed by atoms with E-state index in [4.69, 9.17) is 11.6 Å². The molecule has 1 aliphatic carbocycles. The van der Waals surface area contributed by atoms with E-state index < -0.39 is 0 Å². The molecule has 86 valence electrons. The predicted molar refractivity (Wildman–Crippen MR) is 69.2 cm³/mol. The summed E-state index contributed by atoms with van der Waals surface area (Å²) < 4.78 is 0. The zero-order valence-electron chi connectivity index (χ0n) is 9.70. The molecule has 0 radical (unpaired) electrons. The summed E-state index contributed by atoms with van der Waals surface area (Å²) in [6.45, 7) is 2.06. The summed E-state index contributed by atoms with van der Waals surface area (Å²) in [6.07, 6.45) is 5.07. The molecule has 1 aliphatic rings. The molecule has 0 amide bonds. The van der Waals surface area contributed by atoms with Gasteiger partial charge in [-0.1, -0.05) is 11.6 Å². The average Bonchev–Trinajstić information content (AvgIpc) is 2.77. The fraction of sp³-hybridized carbons (Fsp3) is 0.286. The van der Waals surface area contributed by atoms with Gasteiger partial charge in [-0.2, -0.15) is 0 Å². The minimum absolute atomic E-state index is 0.839. The Hall–Kier alpha value is -1.41. The van der Waals surface area contributed by atoms with Crippen LogP contribution >= 0.6 is 11.6 Å². The molecule has 17 heavy (non-hydrogen) atoms. The van der Waals surface area contributed by atoms with E-state index in [9.17, 15) is 0 Å². The lowest BCUT2D eigenvalue weighted by molar-refractivity contribution is 0.899. The molecule has 2 nitrogen and oxygen atoms in total. The Kier molecular flexibility index (Phi) is 2.60. The first-order valence-electron chi connectivity index (χ1n) is 5.85. The first-order chi connectivity index (χ1) is 8.24. The molecule has 2 aromatic heterocycles. The molecular formula is C14H13ClN2. The van der Waals surface area contributed by atoms with E-state index in [2.05, 4.69) is 16.9 Å². The van der Waals surface area contributed by atoms with Crippen LogP contribution in [0.3, 0.4) is 0 Å². The van der Waals surface area contributed by atoms with Crippen LogP contribution < -0.4 is 0 Å². The largest absolute Gasteiger partial charge is 0.255 e. The van der Waals surface area contributed by atoms with Crippen LogP contribution in [0.4, 0.5) is 0 Å². The molecule has 0 N–H and O–H groups in total. The van der Waals surface area contributed by atoms with E-state index in [-0.39, 0.29) is 0 Å². The molecule has 0 aliphatic heterocycles. The van der Waals surface area contributed by atoms with Gasteiger partial charge in [-0.3, -0.25) is 9.97 Å². The van der Waals surface area contributed by atoms with Crippen LogP contribution in [-0.4, -0.2) is 9.97 Å². The molecule has 0 bridgehead atoms. The molecule has 0 saturated heterocycles. The highest BCUT2D eigenvalue weighted by molar-refractivity contribution is 6.31. The lowest BCUT2D eigenvalue weighted by atomic mass is 10.1. The summed E-state index contributed by atoms with van der Waals surface area (Å²) in [4.78, 5) is 9.03. The van der Waals surface area contributed by atoms with Crippen molar-refractivity contribution in [3.8, 4) is 11.4 Å². The molecule has 0 fully saturated rings. The molecule has 0 spiro atoms. The zero-order chi connectivity index (χ0) is 11.8. The van der Waals surface area contributed by atoms with Crippen molar-refractivity contribution in [2.24, 2.45) is 0 Å². The molecule has 2 heterocycles. The second-order valence-corrected chi connectivity index (χ2v) is 4.89. The Morgan fingerprint density at radius 1 is 1.18 bits per heavy atom. The number of aryl methyl sites for hydroxylation is 2. The SMILES string of the molecule is Cc1ccnc(-c2cc(Cl)c3c(n2)CCC3)c1. The third kappa shape index (κ3) is 1.93. The maximum atomic E-state index is 6.30. The van der Waals surface area contributed by atoms with E-state index in [1.807, 2.05) is 24.4 Å². The average molecular weight is 245 g/mol. The first-order valence-corrected chi connectivity index (χ1v) is 6.23. The van der Waals surface area contributed by atoms with Crippen molar-refractivity contribution in [2.45, 2.75) is 26.2 Å². The number of hydrogen-bond donors (Lipinski definition) is 0. The first kappa shape index (κ1) is 10.7. The fourth-order valence-corrected chi connectivity index (χ4v) is 2.61. The number of halogens is 1. The number of pyridine rings is 2. The Balaban J connectivity index is 2.13. The van der Waals surface area contributed by atoms with Gasteiger partial charge in [0.2, 0.25) is 0 Å². The van der Waals surface area contributed by atoms with Gasteiger partial charge in [-0.25, -0.2) is 0 Å². The Morgan fingerprint density at radius 3 is 2.88 bits per heavy atom. The third-order valence-corrected chi connectivity index (χ3v) is 3.51. The van der Waals surface area contributed by atoms with Crippen molar-refractivity contribution < 1.29 is 0 Å². The summed E-state index contributed by atoms with van der Waals surface area (Å²) in [6, 6.07) is 5.96. The Morgan fingerprint density at radius 2 is 2.06 bits per heavy atom. The summed E-state index contributed by atoms with van der Waals surface area (Å²) >= 11 is 6.30. The maximum absolute atomic E-state index is 6.30. The topological polar surface area (TPSA) is 25.8 Å². The van der Waals surface area contributed by atoms with Gasteiger partial charge in [0.1, 0.15) is 0 Å². The Labute approximate surface area is 106 Å². The van der Waals surface area contributed by atoms with Crippen LogP contribution in [0.25, 0.3) is 11.4 Å². The number of rotatable bonds is 1. The number of fused-ring (bicyclic) bond motifs is 1. The van der Waals surface area contributed by atoms with Crippen molar-refractivity contribution in [1.82, 2.24) is 9.97 Å². The van der Waals surface area contributed by atoms with E-state index in [0.717, 1.165) is 41.4 Å². The smallest absolute Gasteiger partial charge is 0.0904 e. The second kappa shape index (κ2) is 4.11.